The summed E-state index contributed by atoms with van der Waals surface area (Å²) in [6.45, 7) is 9.29. The van der Waals surface area contributed by atoms with Gasteiger partial charge in [0.15, 0.2) is 0 Å². The minimum absolute atomic E-state index is 0. The van der Waals surface area contributed by atoms with Crippen LogP contribution in [0.5, 0.6) is 0 Å². The predicted molar refractivity (Wildman–Crippen MR) is 70.8 cm³/mol. The van der Waals surface area contributed by atoms with Crippen molar-refractivity contribution < 1.29 is 55.9 Å². The third-order valence-electron chi connectivity index (χ3n) is 1.78. The number of carboxylic acid groups (broad SMARTS) is 2. The molecule has 0 saturated carbocycles. The number of carbonyl (C=O) groups is 4. The Labute approximate surface area is 144 Å². The van der Waals surface area contributed by atoms with Crippen LogP contribution in [0.3, 0.4) is 0 Å². The molecular formula is C14H18CuO8. The number of ether oxygens (including phenoxy) is 2. The molecule has 0 spiro atoms. The fourth-order valence-corrected chi connectivity index (χ4v) is 0.701. The third kappa shape index (κ3) is 19.9. The van der Waals surface area contributed by atoms with E-state index in [1.807, 2.05) is 0 Å². The Bertz CT molecular complexity index is 414. The second kappa shape index (κ2) is 14.8. The zero-order valence-electron chi connectivity index (χ0n) is 12.8. The quantitative estimate of drug-likeness (QED) is 0.283. The van der Waals surface area contributed by atoms with Crippen LogP contribution in [0.4, 0.5) is 0 Å². The molecule has 0 aliphatic heterocycles. The van der Waals surface area contributed by atoms with Crippen molar-refractivity contribution in [2.45, 2.75) is 26.7 Å². The summed E-state index contributed by atoms with van der Waals surface area (Å²) < 4.78 is 8.91. The SMILES string of the molecule is C=C(C)C(=O)OCCC(=O)[O-].C=C(C)C(=O)OCCC(=O)[O-].[Cu+2]. The molecule has 0 heterocycles. The van der Waals surface area contributed by atoms with Gasteiger partial charge in [-0.2, -0.15) is 0 Å². The van der Waals surface area contributed by atoms with E-state index in [2.05, 4.69) is 22.6 Å². The van der Waals surface area contributed by atoms with Gasteiger partial charge in [-0.05, 0) is 13.8 Å². The second-order valence-electron chi connectivity index (χ2n) is 4.08. The van der Waals surface area contributed by atoms with E-state index in [0.29, 0.717) is 0 Å². The van der Waals surface area contributed by atoms with Crippen molar-refractivity contribution in [3.63, 3.8) is 0 Å². The Morgan fingerprint density at radius 1 is 0.783 bits per heavy atom. The number of hydrogen-bond acceptors (Lipinski definition) is 8. The molecule has 0 aromatic rings. The maximum Gasteiger partial charge on any atom is 2.00 e. The molecule has 0 saturated heterocycles. The third-order valence-corrected chi connectivity index (χ3v) is 1.78. The molecule has 0 aliphatic rings. The van der Waals surface area contributed by atoms with E-state index in [-0.39, 0.29) is 54.3 Å². The maximum atomic E-state index is 10.6. The molecule has 0 aromatic heterocycles. The molecule has 0 unspecified atom stereocenters. The van der Waals surface area contributed by atoms with Crippen LogP contribution in [0.15, 0.2) is 24.3 Å². The summed E-state index contributed by atoms with van der Waals surface area (Å²) in [6.07, 6.45) is -0.558. The van der Waals surface area contributed by atoms with E-state index in [1.165, 1.54) is 13.8 Å². The number of carbonyl (C=O) groups excluding carboxylic acids is 4. The van der Waals surface area contributed by atoms with Gasteiger partial charge in [0.2, 0.25) is 0 Å². The van der Waals surface area contributed by atoms with Gasteiger partial charge in [-0.3, -0.25) is 0 Å². The van der Waals surface area contributed by atoms with Crippen molar-refractivity contribution in [1.29, 1.82) is 0 Å². The monoisotopic (exact) mass is 377 g/mol. The van der Waals surface area contributed by atoms with Gasteiger partial charge in [-0.15, -0.1) is 0 Å². The standard InChI is InChI=1S/2C7H10O4.Cu/c2*1-5(2)7(10)11-4-3-6(8)9;/h2*1,3-4H2,2H3,(H,8,9);/q;;+2/p-2. The van der Waals surface area contributed by atoms with Crippen LogP contribution in [-0.4, -0.2) is 37.1 Å². The first-order valence-electron chi connectivity index (χ1n) is 6.12. The Hall–Kier alpha value is -2.12. The molecule has 1 radical (unpaired) electrons. The molecule has 0 aromatic carbocycles. The van der Waals surface area contributed by atoms with Crippen LogP contribution in [0.2, 0.25) is 0 Å². The molecule has 0 rings (SSSR count). The van der Waals surface area contributed by atoms with Gasteiger partial charge in [0.1, 0.15) is 0 Å². The first-order valence-corrected chi connectivity index (χ1v) is 6.12. The topological polar surface area (TPSA) is 133 Å². The van der Waals surface area contributed by atoms with Crippen LogP contribution in [-0.2, 0) is 45.7 Å². The van der Waals surface area contributed by atoms with Gasteiger partial charge in [-0.25, -0.2) is 9.59 Å². The average molecular weight is 378 g/mol. The fourth-order valence-electron chi connectivity index (χ4n) is 0.701. The zero-order valence-corrected chi connectivity index (χ0v) is 13.8. The second-order valence-corrected chi connectivity index (χ2v) is 4.08. The maximum absolute atomic E-state index is 10.6. The molecule has 0 N–H and O–H groups in total. The van der Waals surface area contributed by atoms with E-state index in [0.717, 1.165) is 0 Å². The van der Waals surface area contributed by atoms with Gasteiger partial charge in [0, 0.05) is 35.9 Å². The minimum Gasteiger partial charge on any atom is -0.550 e. The van der Waals surface area contributed by atoms with Crippen molar-refractivity contribution in [3.05, 3.63) is 24.3 Å². The zero-order chi connectivity index (χ0) is 17.7. The Morgan fingerprint density at radius 2 is 1.04 bits per heavy atom. The van der Waals surface area contributed by atoms with Gasteiger partial charge >= 0.3 is 29.0 Å². The molecule has 8 nitrogen and oxygen atoms in total. The number of hydrogen-bond donors (Lipinski definition) is 0. The molecule has 9 heteroatoms. The fraction of sp³-hybridized carbons (Fsp3) is 0.429. The number of aliphatic carboxylic acids is 2. The van der Waals surface area contributed by atoms with Gasteiger partial charge < -0.3 is 29.3 Å². The van der Waals surface area contributed by atoms with Crippen molar-refractivity contribution >= 4 is 23.9 Å². The van der Waals surface area contributed by atoms with E-state index in [4.69, 9.17) is 0 Å². The summed E-state index contributed by atoms with van der Waals surface area (Å²) in [5.74, 6) is -3.63. The summed E-state index contributed by atoms with van der Waals surface area (Å²) in [7, 11) is 0. The van der Waals surface area contributed by atoms with Gasteiger partial charge in [-0.1, -0.05) is 13.2 Å². The van der Waals surface area contributed by atoms with Gasteiger partial charge in [0.05, 0.1) is 13.2 Å². The van der Waals surface area contributed by atoms with E-state index in [9.17, 15) is 29.4 Å². The molecule has 0 aliphatic carbocycles. The predicted octanol–water partition coefficient (Wildman–Crippen LogP) is -1.51. The molecule has 0 atom stereocenters. The Balaban J connectivity index is -0.000000333. The normalized spacial score (nSPS) is 8.43. The van der Waals surface area contributed by atoms with Crippen molar-refractivity contribution in [1.82, 2.24) is 0 Å². The van der Waals surface area contributed by atoms with Crippen molar-refractivity contribution in [2.75, 3.05) is 13.2 Å². The van der Waals surface area contributed by atoms with E-state index in [1.54, 1.807) is 0 Å². The Morgan fingerprint density at radius 3 is 1.22 bits per heavy atom. The number of carboxylic acids is 2. The number of esters is 2. The molecule has 133 valence electrons. The first kappa shape index (κ1) is 25.8. The average Bonchev–Trinajstić information content (AvgIpc) is 2.38. The number of rotatable bonds is 8. The van der Waals surface area contributed by atoms with Crippen LogP contribution < -0.4 is 10.2 Å². The summed E-state index contributed by atoms with van der Waals surface area (Å²) in [5.41, 5.74) is 0.506. The molecular weight excluding hydrogens is 360 g/mol. The first-order chi connectivity index (χ1) is 10.1. The van der Waals surface area contributed by atoms with Crippen LogP contribution in [0.1, 0.15) is 26.7 Å². The molecule has 0 fully saturated rings. The summed E-state index contributed by atoms with van der Waals surface area (Å²) in [6, 6.07) is 0. The minimum atomic E-state index is -1.24. The summed E-state index contributed by atoms with van der Waals surface area (Å²) >= 11 is 0. The van der Waals surface area contributed by atoms with Crippen molar-refractivity contribution in [3.8, 4) is 0 Å². The molecule has 23 heavy (non-hydrogen) atoms. The van der Waals surface area contributed by atoms with Crippen LogP contribution in [0.25, 0.3) is 0 Å². The van der Waals surface area contributed by atoms with E-state index < -0.39 is 23.9 Å². The Kier molecular flexibility index (Phi) is 16.6. The summed E-state index contributed by atoms with van der Waals surface area (Å²) in [4.78, 5) is 40.8. The smallest absolute Gasteiger partial charge is 0.550 e. The van der Waals surface area contributed by atoms with Crippen molar-refractivity contribution in [2.24, 2.45) is 0 Å². The van der Waals surface area contributed by atoms with Crippen LogP contribution >= 0.6 is 0 Å². The summed E-state index contributed by atoms with van der Waals surface area (Å²) in [5, 5.41) is 19.7. The van der Waals surface area contributed by atoms with Crippen LogP contribution in [0, 0.1) is 0 Å². The largest absolute Gasteiger partial charge is 2.00 e. The molecule has 0 bridgehead atoms. The van der Waals surface area contributed by atoms with E-state index >= 15 is 0 Å². The molecule has 0 amide bonds. The van der Waals surface area contributed by atoms with Gasteiger partial charge in [0.25, 0.3) is 0 Å².